The molecule has 0 saturated carbocycles. The van der Waals surface area contributed by atoms with Crippen LogP contribution in [0.2, 0.25) is 0 Å². The molecule has 0 radical (unpaired) electrons. The average Bonchev–Trinajstić information content (AvgIpc) is 2.30. The lowest BCUT2D eigenvalue weighted by Gasteiger charge is -2.30. The van der Waals surface area contributed by atoms with Crippen LogP contribution in [0.4, 0.5) is 0 Å². The molecule has 0 bridgehead atoms. The summed E-state index contributed by atoms with van der Waals surface area (Å²) < 4.78 is 0. The van der Waals surface area contributed by atoms with Crippen LogP contribution in [0, 0.1) is 6.92 Å². The van der Waals surface area contributed by atoms with Crippen molar-refractivity contribution in [2.75, 3.05) is 13.1 Å². The lowest BCUT2D eigenvalue weighted by Crippen LogP contribution is -2.42. The molecule has 1 aromatic rings. The molecule has 0 aliphatic carbocycles. The van der Waals surface area contributed by atoms with E-state index in [0.29, 0.717) is 5.56 Å². The van der Waals surface area contributed by atoms with Crippen molar-refractivity contribution in [1.82, 2.24) is 9.88 Å². The Morgan fingerprint density at radius 1 is 1.44 bits per heavy atom. The van der Waals surface area contributed by atoms with Crippen LogP contribution in [0.1, 0.15) is 28.9 Å². The van der Waals surface area contributed by atoms with Crippen molar-refractivity contribution in [3.05, 3.63) is 29.6 Å². The maximum atomic E-state index is 12.1. The van der Waals surface area contributed by atoms with Gasteiger partial charge in [0.1, 0.15) is 0 Å². The first-order chi connectivity index (χ1) is 7.66. The minimum atomic E-state index is 0.0689. The van der Waals surface area contributed by atoms with Crippen molar-refractivity contribution in [3.8, 4) is 0 Å². The summed E-state index contributed by atoms with van der Waals surface area (Å²) in [5.41, 5.74) is 7.40. The summed E-state index contributed by atoms with van der Waals surface area (Å²) in [4.78, 5) is 18.1. The average molecular weight is 219 g/mol. The van der Waals surface area contributed by atoms with Crippen LogP contribution < -0.4 is 5.73 Å². The Hall–Kier alpha value is -1.42. The number of aryl methyl sites for hydroxylation is 1. The Morgan fingerprint density at radius 2 is 2.12 bits per heavy atom. The lowest BCUT2D eigenvalue weighted by molar-refractivity contribution is 0.0714. The van der Waals surface area contributed by atoms with Gasteiger partial charge in [-0.15, -0.1) is 0 Å². The van der Waals surface area contributed by atoms with Crippen molar-refractivity contribution < 1.29 is 4.79 Å². The molecule has 0 atom stereocenters. The minimum Gasteiger partial charge on any atom is -0.338 e. The third kappa shape index (κ3) is 2.39. The number of pyridine rings is 1. The van der Waals surface area contributed by atoms with E-state index >= 15 is 0 Å². The number of hydrogen-bond donors (Lipinski definition) is 1. The highest BCUT2D eigenvalue weighted by Gasteiger charge is 2.21. The van der Waals surface area contributed by atoms with E-state index in [1.807, 2.05) is 24.0 Å². The van der Waals surface area contributed by atoms with Gasteiger partial charge in [0.05, 0.1) is 5.56 Å². The molecule has 86 valence electrons. The van der Waals surface area contributed by atoms with Gasteiger partial charge in [-0.25, -0.2) is 0 Å². The zero-order valence-electron chi connectivity index (χ0n) is 9.52. The van der Waals surface area contributed by atoms with Crippen LogP contribution in [0.5, 0.6) is 0 Å². The van der Waals surface area contributed by atoms with Crippen LogP contribution in [0.15, 0.2) is 18.3 Å². The smallest absolute Gasteiger partial charge is 0.255 e. The number of amides is 1. The highest BCUT2D eigenvalue weighted by Crippen LogP contribution is 2.12. The number of carbonyl (C=O) groups excluding carboxylic acids is 1. The molecule has 1 aliphatic heterocycles. The molecule has 0 spiro atoms. The summed E-state index contributed by atoms with van der Waals surface area (Å²) in [6.45, 7) is 3.43. The van der Waals surface area contributed by atoms with E-state index in [4.69, 9.17) is 5.73 Å². The maximum absolute atomic E-state index is 12.1. The predicted octanol–water partition coefficient (Wildman–Crippen LogP) is 0.953. The summed E-state index contributed by atoms with van der Waals surface area (Å²) in [6.07, 6.45) is 3.43. The van der Waals surface area contributed by atoms with Crippen LogP contribution in [0.25, 0.3) is 0 Å². The summed E-state index contributed by atoms with van der Waals surface area (Å²) in [5.74, 6) is 0.0689. The zero-order valence-corrected chi connectivity index (χ0v) is 9.52. The molecule has 0 aromatic carbocycles. The number of nitrogens with zero attached hydrogens (tertiary/aromatic N) is 2. The van der Waals surface area contributed by atoms with Gasteiger partial charge in [-0.1, -0.05) is 0 Å². The normalized spacial score (nSPS) is 17.5. The Bertz CT molecular complexity index is 366. The Kier molecular flexibility index (Phi) is 3.19. The highest BCUT2D eigenvalue weighted by molar-refractivity contribution is 5.93. The van der Waals surface area contributed by atoms with Gasteiger partial charge in [-0.05, 0) is 31.9 Å². The molecule has 1 aromatic heterocycles. The highest BCUT2D eigenvalue weighted by atomic mass is 16.2. The van der Waals surface area contributed by atoms with Gasteiger partial charge >= 0.3 is 0 Å². The largest absolute Gasteiger partial charge is 0.338 e. The van der Waals surface area contributed by atoms with Crippen molar-refractivity contribution in [2.45, 2.75) is 25.8 Å². The number of nitrogens with two attached hydrogens (primary N) is 1. The summed E-state index contributed by atoms with van der Waals surface area (Å²) in [7, 11) is 0. The molecule has 1 fully saturated rings. The van der Waals surface area contributed by atoms with E-state index in [9.17, 15) is 4.79 Å². The predicted molar refractivity (Wildman–Crippen MR) is 62.1 cm³/mol. The fourth-order valence-corrected chi connectivity index (χ4v) is 1.88. The molecule has 4 heteroatoms. The molecule has 0 unspecified atom stereocenters. The Balaban J connectivity index is 2.05. The SMILES string of the molecule is Cc1ccc(C(=O)N2CCC(N)CC2)cn1. The third-order valence-corrected chi connectivity index (χ3v) is 2.99. The van der Waals surface area contributed by atoms with Crippen LogP contribution in [-0.4, -0.2) is 34.9 Å². The molecular formula is C12H17N3O. The van der Waals surface area contributed by atoms with Gasteiger partial charge in [0, 0.05) is 31.0 Å². The van der Waals surface area contributed by atoms with Gasteiger partial charge in [0.25, 0.3) is 5.91 Å². The second kappa shape index (κ2) is 4.61. The van der Waals surface area contributed by atoms with E-state index in [-0.39, 0.29) is 11.9 Å². The van der Waals surface area contributed by atoms with Crippen molar-refractivity contribution in [3.63, 3.8) is 0 Å². The Morgan fingerprint density at radius 3 is 2.69 bits per heavy atom. The number of rotatable bonds is 1. The standard InChI is InChI=1S/C12H17N3O/c1-9-2-3-10(8-14-9)12(16)15-6-4-11(13)5-7-15/h2-3,8,11H,4-7,13H2,1H3. The van der Waals surface area contributed by atoms with Crippen LogP contribution in [-0.2, 0) is 0 Å². The van der Waals surface area contributed by atoms with E-state index in [1.165, 1.54) is 0 Å². The molecule has 4 nitrogen and oxygen atoms in total. The van der Waals surface area contributed by atoms with Gasteiger partial charge in [-0.2, -0.15) is 0 Å². The first-order valence-electron chi connectivity index (χ1n) is 5.64. The number of likely N-dealkylation sites (tertiary alicyclic amines) is 1. The molecule has 16 heavy (non-hydrogen) atoms. The van der Waals surface area contributed by atoms with Gasteiger partial charge in [-0.3, -0.25) is 9.78 Å². The summed E-state index contributed by atoms with van der Waals surface area (Å²) in [5, 5.41) is 0. The number of hydrogen-bond acceptors (Lipinski definition) is 3. The molecule has 2 N–H and O–H groups in total. The molecule has 1 saturated heterocycles. The lowest BCUT2D eigenvalue weighted by atomic mass is 10.1. The van der Waals surface area contributed by atoms with Gasteiger partial charge < -0.3 is 10.6 Å². The fraction of sp³-hybridized carbons (Fsp3) is 0.500. The van der Waals surface area contributed by atoms with Gasteiger partial charge in [0.15, 0.2) is 0 Å². The quantitative estimate of drug-likeness (QED) is 0.765. The van der Waals surface area contributed by atoms with E-state index in [2.05, 4.69) is 4.98 Å². The van der Waals surface area contributed by atoms with Crippen molar-refractivity contribution in [1.29, 1.82) is 0 Å². The fourth-order valence-electron chi connectivity index (χ4n) is 1.88. The third-order valence-electron chi connectivity index (χ3n) is 2.99. The number of piperidine rings is 1. The van der Waals surface area contributed by atoms with E-state index in [1.54, 1.807) is 6.20 Å². The first-order valence-corrected chi connectivity index (χ1v) is 5.64. The molecule has 1 amide bonds. The maximum Gasteiger partial charge on any atom is 0.255 e. The zero-order chi connectivity index (χ0) is 11.5. The van der Waals surface area contributed by atoms with Crippen molar-refractivity contribution >= 4 is 5.91 Å². The minimum absolute atomic E-state index is 0.0689. The van der Waals surface area contributed by atoms with Crippen LogP contribution >= 0.6 is 0 Å². The second-order valence-corrected chi connectivity index (χ2v) is 4.32. The molecular weight excluding hydrogens is 202 g/mol. The van der Waals surface area contributed by atoms with E-state index in [0.717, 1.165) is 31.6 Å². The van der Waals surface area contributed by atoms with Crippen molar-refractivity contribution in [2.24, 2.45) is 5.73 Å². The monoisotopic (exact) mass is 219 g/mol. The number of carbonyl (C=O) groups is 1. The summed E-state index contributed by atoms with van der Waals surface area (Å²) >= 11 is 0. The van der Waals surface area contributed by atoms with Crippen LogP contribution in [0.3, 0.4) is 0 Å². The summed E-state index contributed by atoms with van der Waals surface area (Å²) in [6, 6.07) is 3.95. The molecule has 1 aliphatic rings. The molecule has 2 heterocycles. The number of aromatic nitrogens is 1. The van der Waals surface area contributed by atoms with E-state index < -0.39 is 0 Å². The second-order valence-electron chi connectivity index (χ2n) is 4.32. The Labute approximate surface area is 95.5 Å². The molecule has 2 rings (SSSR count). The van der Waals surface area contributed by atoms with Gasteiger partial charge in [0.2, 0.25) is 0 Å². The topological polar surface area (TPSA) is 59.2 Å². The first kappa shape index (κ1) is 11.1.